The molecule has 0 spiro atoms. The largest absolute Gasteiger partial charge is 0.481 e. The number of piperidine rings is 1. The Kier molecular flexibility index (Phi) is 6.73. The van der Waals surface area contributed by atoms with Gasteiger partial charge in [0.25, 0.3) is 0 Å². The van der Waals surface area contributed by atoms with Crippen LogP contribution in [0.1, 0.15) is 31.4 Å². The summed E-state index contributed by atoms with van der Waals surface area (Å²) >= 11 is 0. The summed E-state index contributed by atoms with van der Waals surface area (Å²) in [4.78, 5) is 40.9. The van der Waals surface area contributed by atoms with Crippen molar-refractivity contribution in [3.63, 3.8) is 0 Å². The molecule has 0 saturated carbocycles. The van der Waals surface area contributed by atoms with E-state index in [1.54, 1.807) is 11.0 Å². The van der Waals surface area contributed by atoms with Gasteiger partial charge in [-0.1, -0.05) is 6.07 Å². The Morgan fingerprint density at radius 2 is 2.16 bits per heavy atom. The molecule has 1 atom stereocenters. The average Bonchev–Trinajstić information content (AvgIpc) is 2.58. The number of hydrogen-bond donors (Lipinski definition) is 3. The number of hydrogen-bond acceptors (Lipinski definition) is 4. The molecule has 1 aromatic heterocycles. The molecule has 8 nitrogen and oxygen atoms in total. The van der Waals surface area contributed by atoms with Crippen molar-refractivity contribution in [2.24, 2.45) is 5.92 Å². The van der Waals surface area contributed by atoms with Gasteiger partial charge in [0.15, 0.2) is 0 Å². The van der Waals surface area contributed by atoms with Gasteiger partial charge in [-0.2, -0.15) is 0 Å². The number of carbonyl (C=O) groups excluding carboxylic acids is 2. The lowest BCUT2D eigenvalue weighted by molar-refractivity contribution is -0.137. The Bertz CT molecular complexity index is 635. The van der Waals surface area contributed by atoms with Crippen LogP contribution in [0.15, 0.2) is 18.2 Å². The zero-order valence-electron chi connectivity index (χ0n) is 14.3. The molecule has 1 aromatic rings. The van der Waals surface area contributed by atoms with Crippen LogP contribution >= 0.6 is 0 Å². The van der Waals surface area contributed by atoms with E-state index in [0.29, 0.717) is 31.9 Å². The first-order valence-corrected chi connectivity index (χ1v) is 8.45. The van der Waals surface area contributed by atoms with Crippen LogP contribution in [0, 0.1) is 12.8 Å². The summed E-state index contributed by atoms with van der Waals surface area (Å²) in [7, 11) is 0. The quantitative estimate of drug-likeness (QED) is 0.676. The molecule has 136 valence electrons. The van der Waals surface area contributed by atoms with Crippen LogP contribution in [0.4, 0.5) is 10.6 Å². The van der Waals surface area contributed by atoms with Gasteiger partial charge < -0.3 is 20.6 Å². The number of aromatic nitrogens is 1. The number of amides is 3. The highest BCUT2D eigenvalue weighted by molar-refractivity contribution is 5.92. The predicted octanol–water partition coefficient (Wildman–Crippen LogP) is 1.61. The Balaban J connectivity index is 1.82. The topological polar surface area (TPSA) is 112 Å². The molecule has 0 bridgehead atoms. The molecule has 8 heteroatoms. The summed E-state index contributed by atoms with van der Waals surface area (Å²) in [5, 5.41) is 14.1. The fourth-order valence-corrected chi connectivity index (χ4v) is 2.76. The lowest BCUT2D eigenvalue weighted by Crippen LogP contribution is -2.48. The fourth-order valence-electron chi connectivity index (χ4n) is 2.76. The zero-order valence-corrected chi connectivity index (χ0v) is 14.3. The third-order valence-electron chi connectivity index (χ3n) is 4.06. The van der Waals surface area contributed by atoms with Crippen LogP contribution in [0.5, 0.6) is 0 Å². The van der Waals surface area contributed by atoms with Crippen molar-refractivity contribution >= 4 is 23.7 Å². The fraction of sp³-hybridized carbons (Fsp3) is 0.529. The second-order valence-electron chi connectivity index (χ2n) is 6.17. The van der Waals surface area contributed by atoms with E-state index < -0.39 is 5.97 Å². The van der Waals surface area contributed by atoms with Crippen molar-refractivity contribution < 1.29 is 19.5 Å². The van der Waals surface area contributed by atoms with Crippen LogP contribution in [0.2, 0.25) is 0 Å². The highest BCUT2D eigenvalue weighted by Crippen LogP contribution is 2.18. The standard InChI is InChI=1S/C17H24N4O4/c1-12-5-2-7-14(19-12)20-16(24)13-6-4-10-21(11-13)17(25)18-9-3-8-15(22)23/h2,5,7,13H,3-4,6,8-11H2,1H3,(H,18,25)(H,22,23)(H,19,20,24). The Hall–Kier alpha value is -2.64. The minimum atomic E-state index is -0.881. The number of carbonyl (C=O) groups is 3. The minimum absolute atomic E-state index is 0.0226. The third-order valence-corrected chi connectivity index (χ3v) is 4.06. The molecule has 3 amide bonds. The molecule has 0 aromatic carbocycles. The van der Waals surface area contributed by atoms with Crippen LogP contribution in [-0.4, -0.2) is 52.5 Å². The molecule has 1 unspecified atom stereocenters. The van der Waals surface area contributed by atoms with Gasteiger partial charge in [0.1, 0.15) is 5.82 Å². The number of nitrogens with one attached hydrogen (secondary N) is 2. The zero-order chi connectivity index (χ0) is 18.2. The van der Waals surface area contributed by atoms with E-state index in [1.807, 2.05) is 19.1 Å². The molecule has 1 aliphatic heterocycles. The van der Waals surface area contributed by atoms with Gasteiger partial charge in [0.2, 0.25) is 5.91 Å². The number of aryl methyl sites for hydroxylation is 1. The molecule has 1 aliphatic rings. The number of carboxylic acid groups (broad SMARTS) is 1. The Labute approximate surface area is 146 Å². The van der Waals surface area contributed by atoms with E-state index in [9.17, 15) is 14.4 Å². The van der Waals surface area contributed by atoms with E-state index in [4.69, 9.17) is 5.11 Å². The van der Waals surface area contributed by atoms with Crippen LogP contribution in [0.25, 0.3) is 0 Å². The number of aliphatic carboxylic acids is 1. The number of pyridine rings is 1. The minimum Gasteiger partial charge on any atom is -0.481 e. The van der Waals surface area contributed by atoms with E-state index in [1.165, 1.54) is 0 Å². The summed E-state index contributed by atoms with van der Waals surface area (Å²) in [6.45, 7) is 3.11. The molecule has 0 radical (unpaired) electrons. The van der Waals surface area contributed by atoms with Gasteiger partial charge in [-0.05, 0) is 38.3 Å². The van der Waals surface area contributed by atoms with E-state index >= 15 is 0 Å². The summed E-state index contributed by atoms with van der Waals surface area (Å²) in [6.07, 6.45) is 1.88. The normalized spacial score (nSPS) is 17.0. The smallest absolute Gasteiger partial charge is 0.317 e. The molecular weight excluding hydrogens is 324 g/mol. The van der Waals surface area contributed by atoms with Gasteiger partial charge in [0.05, 0.1) is 5.92 Å². The van der Waals surface area contributed by atoms with Crippen molar-refractivity contribution in [1.82, 2.24) is 15.2 Å². The molecule has 3 N–H and O–H groups in total. The maximum Gasteiger partial charge on any atom is 0.317 e. The first-order chi connectivity index (χ1) is 12.0. The molecule has 2 heterocycles. The number of anilines is 1. The maximum atomic E-state index is 12.4. The van der Waals surface area contributed by atoms with Gasteiger partial charge in [-0.15, -0.1) is 0 Å². The van der Waals surface area contributed by atoms with E-state index in [-0.39, 0.29) is 24.3 Å². The lowest BCUT2D eigenvalue weighted by atomic mass is 9.97. The van der Waals surface area contributed by atoms with Crippen molar-refractivity contribution in [3.8, 4) is 0 Å². The third kappa shape index (κ3) is 6.06. The first-order valence-electron chi connectivity index (χ1n) is 8.45. The van der Waals surface area contributed by atoms with Gasteiger partial charge in [-0.25, -0.2) is 9.78 Å². The van der Waals surface area contributed by atoms with Gasteiger partial charge >= 0.3 is 12.0 Å². The molecule has 25 heavy (non-hydrogen) atoms. The molecule has 2 rings (SSSR count). The van der Waals surface area contributed by atoms with E-state index in [0.717, 1.165) is 18.5 Å². The van der Waals surface area contributed by atoms with Crippen LogP contribution in [0.3, 0.4) is 0 Å². The first kappa shape index (κ1) is 18.7. The number of rotatable bonds is 6. The molecule has 0 aliphatic carbocycles. The second kappa shape index (κ2) is 9.00. The lowest BCUT2D eigenvalue weighted by Gasteiger charge is -2.32. The Morgan fingerprint density at radius 3 is 2.88 bits per heavy atom. The number of nitrogens with zero attached hydrogens (tertiary/aromatic N) is 2. The molecule has 1 fully saturated rings. The highest BCUT2D eigenvalue weighted by Gasteiger charge is 2.28. The van der Waals surface area contributed by atoms with Crippen molar-refractivity contribution in [1.29, 1.82) is 0 Å². The van der Waals surface area contributed by atoms with Crippen molar-refractivity contribution in [3.05, 3.63) is 23.9 Å². The van der Waals surface area contributed by atoms with E-state index in [2.05, 4.69) is 15.6 Å². The van der Waals surface area contributed by atoms with Crippen LogP contribution in [-0.2, 0) is 9.59 Å². The SMILES string of the molecule is Cc1cccc(NC(=O)C2CCCN(C(=O)NCCCC(=O)O)C2)n1. The maximum absolute atomic E-state index is 12.4. The van der Waals surface area contributed by atoms with Crippen LogP contribution < -0.4 is 10.6 Å². The number of carboxylic acids is 1. The summed E-state index contributed by atoms with van der Waals surface area (Å²) < 4.78 is 0. The van der Waals surface area contributed by atoms with Crippen molar-refractivity contribution in [2.75, 3.05) is 25.0 Å². The summed E-state index contributed by atoms with van der Waals surface area (Å²) in [5.41, 5.74) is 0.823. The second-order valence-corrected chi connectivity index (χ2v) is 6.17. The average molecular weight is 348 g/mol. The number of urea groups is 1. The van der Waals surface area contributed by atoms with Gasteiger partial charge in [0, 0.05) is 31.7 Å². The van der Waals surface area contributed by atoms with Gasteiger partial charge in [-0.3, -0.25) is 9.59 Å². The highest BCUT2D eigenvalue weighted by atomic mass is 16.4. The molecule has 1 saturated heterocycles. The predicted molar refractivity (Wildman–Crippen MR) is 92.2 cm³/mol. The van der Waals surface area contributed by atoms with Crippen molar-refractivity contribution in [2.45, 2.75) is 32.6 Å². The summed E-state index contributed by atoms with van der Waals surface area (Å²) in [5.74, 6) is -0.781. The summed E-state index contributed by atoms with van der Waals surface area (Å²) in [6, 6.07) is 5.17. The Morgan fingerprint density at radius 1 is 1.36 bits per heavy atom. The monoisotopic (exact) mass is 348 g/mol. The number of likely N-dealkylation sites (tertiary alicyclic amines) is 1. The molecular formula is C17H24N4O4.